The molecule has 0 spiro atoms. The molecule has 0 fully saturated rings. The van der Waals surface area contributed by atoms with Crippen LogP contribution in [0.15, 0.2) is 127 Å². The molecule has 1 amide bonds. The first-order chi connectivity index (χ1) is 15.4. The van der Waals surface area contributed by atoms with Crippen LogP contribution in [0, 0.1) is 5.41 Å². The Kier molecular flexibility index (Phi) is 5.83. The highest BCUT2D eigenvalue weighted by molar-refractivity contribution is 5.98. The quantitative estimate of drug-likeness (QED) is 0.492. The van der Waals surface area contributed by atoms with Gasteiger partial charge in [-0.1, -0.05) is 123 Å². The molecule has 3 aromatic rings. The molecule has 0 bridgehead atoms. The van der Waals surface area contributed by atoms with E-state index in [9.17, 15) is 9.90 Å². The van der Waals surface area contributed by atoms with Gasteiger partial charge in [-0.2, -0.15) is 0 Å². The molecule has 3 aromatic carbocycles. The van der Waals surface area contributed by atoms with Gasteiger partial charge in [0, 0.05) is 5.41 Å². The Morgan fingerprint density at radius 3 is 1.66 bits per heavy atom. The van der Waals surface area contributed by atoms with Gasteiger partial charge in [-0.15, -0.1) is 0 Å². The maximum Gasteiger partial charge on any atom is 0.255 e. The Hall–Kier alpha value is -3.85. The standard InChI is InChI=1S/C29H27NO2/c1-28(2)20-12-19-26(31)25(21-28)27(32)30-29(22-13-6-3-7-14-22,23-15-8-4-9-16-23)24-17-10-5-11-18-24/h3-21,31H,1-2H3,(H,30,32). The van der Waals surface area contributed by atoms with E-state index in [-0.39, 0.29) is 22.7 Å². The highest BCUT2D eigenvalue weighted by Crippen LogP contribution is 2.37. The summed E-state index contributed by atoms with van der Waals surface area (Å²) in [5.41, 5.74) is 1.74. The van der Waals surface area contributed by atoms with Crippen molar-refractivity contribution in [2.45, 2.75) is 19.4 Å². The molecule has 160 valence electrons. The van der Waals surface area contributed by atoms with E-state index in [4.69, 9.17) is 0 Å². The molecule has 2 N–H and O–H groups in total. The Bertz CT molecular complexity index is 1080. The summed E-state index contributed by atoms with van der Waals surface area (Å²) < 4.78 is 0. The van der Waals surface area contributed by atoms with Gasteiger partial charge in [-0.05, 0) is 22.8 Å². The molecular formula is C29H27NO2. The van der Waals surface area contributed by atoms with Crippen molar-refractivity contribution >= 4 is 5.91 Å². The van der Waals surface area contributed by atoms with E-state index >= 15 is 0 Å². The molecule has 0 aliphatic heterocycles. The third-order valence-electron chi connectivity index (χ3n) is 5.74. The van der Waals surface area contributed by atoms with Gasteiger partial charge in [0.15, 0.2) is 0 Å². The van der Waals surface area contributed by atoms with Gasteiger partial charge < -0.3 is 10.4 Å². The first-order valence-electron chi connectivity index (χ1n) is 10.7. The van der Waals surface area contributed by atoms with Gasteiger partial charge in [0.2, 0.25) is 0 Å². The molecule has 0 saturated carbocycles. The van der Waals surface area contributed by atoms with E-state index in [1.807, 2.05) is 117 Å². The van der Waals surface area contributed by atoms with Crippen molar-refractivity contribution in [2.24, 2.45) is 5.41 Å². The molecule has 0 unspecified atom stereocenters. The Balaban J connectivity index is 1.93. The molecule has 1 aliphatic rings. The number of nitrogens with one attached hydrogen (secondary N) is 1. The zero-order valence-corrected chi connectivity index (χ0v) is 18.3. The summed E-state index contributed by atoms with van der Waals surface area (Å²) >= 11 is 0. The van der Waals surface area contributed by atoms with Crippen LogP contribution in [-0.2, 0) is 10.3 Å². The van der Waals surface area contributed by atoms with Crippen LogP contribution < -0.4 is 5.32 Å². The summed E-state index contributed by atoms with van der Waals surface area (Å²) in [4.78, 5) is 13.8. The number of carbonyl (C=O) groups excluding carboxylic acids is 1. The SMILES string of the molecule is CC1(C)C=CC=C(O)C(C(=O)NC(c2ccccc2)(c2ccccc2)c2ccccc2)=C1. The normalized spacial score (nSPS) is 15.3. The number of aliphatic hydroxyl groups is 1. The molecule has 4 rings (SSSR count). The van der Waals surface area contributed by atoms with Crippen LogP contribution in [0.5, 0.6) is 0 Å². The van der Waals surface area contributed by atoms with Crippen LogP contribution in [0.25, 0.3) is 0 Å². The molecule has 3 nitrogen and oxygen atoms in total. The zero-order chi connectivity index (χ0) is 22.6. The fraction of sp³-hybridized carbons (Fsp3) is 0.138. The lowest BCUT2D eigenvalue weighted by Gasteiger charge is -2.37. The van der Waals surface area contributed by atoms with Gasteiger partial charge >= 0.3 is 0 Å². The second-order valence-electron chi connectivity index (χ2n) is 8.59. The number of carbonyl (C=O) groups is 1. The van der Waals surface area contributed by atoms with E-state index < -0.39 is 5.54 Å². The summed E-state index contributed by atoms with van der Waals surface area (Å²) in [6.07, 6.45) is 7.12. The average Bonchev–Trinajstić information content (AvgIpc) is 2.96. The molecule has 0 aromatic heterocycles. The van der Waals surface area contributed by atoms with Crippen LogP contribution in [0.4, 0.5) is 0 Å². The highest BCUT2D eigenvalue weighted by Gasteiger charge is 2.39. The largest absolute Gasteiger partial charge is 0.507 e. The van der Waals surface area contributed by atoms with Crippen LogP contribution in [-0.4, -0.2) is 11.0 Å². The van der Waals surface area contributed by atoms with Crippen molar-refractivity contribution in [3.8, 4) is 0 Å². The number of hydrogen-bond donors (Lipinski definition) is 2. The lowest BCUT2D eigenvalue weighted by Crippen LogP contribution is -2.48. The number of allylic oxidation sites excluding steroid dienone is 4. The van der Waals surface area contributed by atoms with Crippen molar-refractivity contribution in [3.63, 3.8) is 0 Å². The van der Waals surface area contributed by atoms with Crippen molar-refractivity contribution in [3.05, 3.63) is 143 Å². The first-order valence-corrected chi connectivity index (χ1v) is 10.7. The average molecular weight is 422 g/mol. The maximum absolute atomic E-state index is 13.8. The number of benzene rings is 3. The first kappa shape index (κ1) is 21.4. The van der Waals surface area contributed by atoms with E-state index in [1.54, 1.807) is 12.2 Å². The molecule has 0 heterocycles. The van der Waals surface area contributed by atoms with Crippen molar-refractivity contribution in [1.82, 2.24) is 5.32 Å². The Morgan fingerprint density at radius 2 is 1.22 bits per heavy atom. The minimum Gasteiger partial charge on any atom is -0.507 e. The summed E-state index contributed by atoms with van der Waals surface area (Å²) in [5, 5.41) is 14.0. The van der Waals surface area contributed by atoms with Crippen molar-refractivity contribution in [1.29, 1.82) is 0 Å². The molecular weight excluding hydrogens is 394 g/mol. The summed E-state index contributed by atoms with van der Waals surface area (Å²) in [7, 11) is 0. The van der Waals surface area contributed by atoms with Gasteiger partial charge in [0.1, 0.15) is 11.3 Å². The van der Waals surface area contributed by atoms with Gasteiger partial charge in [0.05, 0.1) is 5.57 Å². The lowest BCUT2D eigenvalue weighted by atomic mass is 9.76. The predicted octanol–water partition coefficient (Wildman–Crippen LogP) is 6.06. The highest BCUT2D eigenvalue weighted by atomic mass is 16.3. The summed E-state index contributed by atoms with van der Waals surface area (Å²) in [6.45, 7) is 4.00. The Labute approximate surface area is 189 Å². The molecule has 0 radical (unpaired) electrons. The van der Waals surface area contributed by atoms with Crippen molar-refractivity contribution < 1.29 is 9.90 Å². The van der Waals surface area contributed by atoms with E-state index in [0.29, 0.717) is 0 Å². The smallest absolute Gasteiger partial charge is 0.255 e. The number of hydrogen-bond acceptors (Lipinski definition) is 2. The number of aliphatic hydroxyl groups excluding tert-OH is 1. The Morgan fingerprint density at radius 1 is 0.781 bits per heavy atom. The fourth-order valence-corrected chi connectivity index (χ4v) is 4.17. The lowest BCUT2D eigenvalue weighted by molar-refractivity contribution is -0.118. The second-order valence-corrected chi connectivity index (χ2v) is 8.59. The molecule has 1 aliphatic carbocycles. The maximum atomic E-state index is 13.8. The van der Waals surface area contributed by atoms with Gasteiger partial charge in [0.25, 0.3) is 5.91 Å². The predicted molar refractivity (Wildman–Crippen MR) is 129 cm³/mol. The van der Waals surface area contributed by atoms with E-state index in [2.05, 4.69) is 5.32 Å². The van der Waals surface area contributed by atoms with Gasteiger partial charge in [-0.3, -0.25) is 4.79 Å². The summed E-state index contributed by atoms with van der Waals surface area (Å²) in [5.74, 6) is -0.389. The van der Waals surface area contributed by atoms with Crippen LogP contribution in [0.2, 0.25) is 0 Å². The number of rotatable bonds is 5. The monoisotopic (exact) mass is 421 g/mol. The van der Waals surface area contributed by atoms with E-state index in [1.165, 1.54) is 0 Å². The third-order valence-corrected chi connectivity index (χ3v) is 5.74. The fourth-order valence-electron chi connectivity index (χ4n) is 4.17. The van der Waals surface area contributed by atoms with Crippen LogP contribution in [0.3, 0.4) is 0 Å². The van der Waals surface area contributed by atoms with Crippen molar-refractivity contribution in [2.75, 3.05) is 0 Å². The van der Waals surface area contributed by atoms with E-state index in [0.717, 1.165) is 16.7 Å². The molecule has 32 heavy (non-hydrogen) atoms. The second kappa shape index (κ2) is 8.72. The zero-order valence-electron chi connectivity index (χ0n) is 18.3. The minimum absolute atomic E-state index is 0.0487. The van der Waals surface area contributed by atoms with Crippen LogP contribution >= 0.6 is 0 Å². The molecule has 0 saturated heterocycles. The molecule has 0 atom stereocenters. The molecule has 3 heteroatoms. The third kappa shape index (κ3) is 4.15. The van der Waals surface area contributed by atoms with Gasteiger partial charge in [-0.25, -0.2) is 0 Å². The number of amides is 1. The van der Waals surface area contributed by atoms with Crippen LogP contribution in [0.1, 0.15) is 30.5 Å². The minimum atomic E-state index is -0.939. The topological polar surface area (TPSA) is 49.3 Å². The summed E-state index contributed by atoms with van der Waals surface area (Å²) in [6, 6.07) is 29.8.